The number of likely N-dealkylation sites (tertiary alicyclic amines) is 1. The molecule has 0 aliphatic carbocycles. The summed E-state index contributed by atoms with van der Waals surface area (Å²) < 4.78 is 0. The Morgan fingerprint density at radius 3 is 2.33 bits per heavy atom. The summed E-state index contributed by atoms with van der Waals surface area (Å²) in [5.41, 5.74) is 10.7. The molecule has 0 spiro atoms. The lowest BCUT2D eigenvalue weighted by atomic mass is 9.97. The van der Waals surface area contributed by atoms with Gasteiger partial charge < -0.3 is 32.1 Å². The Kier molecular flexibility index (Phi) is 10.1. The summed E-state index contributed by atoms with van der Waals surface area (Å²) in [6.45, 7) is 3.84. The monoisotopic (exact) mass is 445 g/mol. The van der Waals surface area contributed by atoms with Crippen LogP contribution < -0.4 is 22.1 Å². The molecular formula is C18H31N5O6S. The van der Waals surface area contributed by atoms with Crippen molar-refractivity contribution in [2.45, 2.75) is 63.7 Å². The van der Waals surface area contributed by atoms with Crippen molar-refractivity contribution in [3.8, 4) is 0 Å². The van der Waals surface area contributed by atoms with Crippen LogP contribution in [-0.2, 0) is 24.0 Å². The Morgan fingerprint density at radius 1 is 1.20 bits per heavy atom. The molecule has 0 bridgehead atoms. The Balaban J connectivity index is 2.90. The first kappa shape index (κ1) is 25.7. The second-order valence-corrected chi connectivity index (χ2v) is 7.79. The number of hydrogen-bond acceptors (Lipinski definition) is 7. The highest BCUT2D eigenvalue weighted by Gasteiger charge is 2.38. The average Bonchev–Trinajstić information content (AvgIpc) is 3.18. The molecule has 1 aliphatic rings. The van der Waals surface area contributed by atoms with Gasteiger partial charge in [-0.1, -0.05) is 20.3 Å². The summed E-state index contributed by atoms with van der Waals surface area (Å²) in [7, 11) is 0. The maximum Gasteiger partial charge on any atom is 0.326 e. The van der Waals surface area contributed by atoms with Gasteiger partial charge in [-0.05, 0) is 18.8 Å². The lowest BCUT2D eigenvalue weighted by molar-refractivity contribution is -0.149. The maximum absolute atomic E-state index is 12.8. The molecule has 1 saturated heterocycles. The Bertz CT molecular complexity index is 675. The van der Waals surface area contributed by atoms with E-state index < -0.39 is 53.8 Å². The largest absolute Gasteiger partial charge is 0.480 e. The normalized spacial score (nSPS) is 20.0. The molecule has 1 fully saturated rings. The van der Waals surface area contributed by atoms with Crippen LogP contribution in [0.15, 0.2) is 0 Å². The second kappa shape index (κ2) is 11.7. The van der Waals surface area contributed by atoms with Gasteiger partial charge in [0.05, 0.1) is 12.5 Å². The minimum Gasteiger partial charge on any atom is -0.480 e. The zero-order valence-corrected chi connectivity index (χ0v) is 18.1. The fourth-order valence-corrected chi connectivity index (χ4v) is 3.45. The van der Waals surface area contributed by atoms with Crippen LogP contribution >= 0.6 is 12.6 Å². The molecule has 5 atom stereocenters. The van der Waals surface area contributed by atoms with E-state index in [1.165, 1.54) is 4.90 Å². The van der Waals surface area contributed by atoms with Crippen LogP contribution in [0.3, 0.4) is 0 Å². The quantitative estimate of drug-likeness (QED) is 0.203. The summed E-state index contributed by atoms with van der Waals surface area (Å²) in [5, 5.41) is 14.3. The number of nitrogens with zero attached hydrogens (tertiary/aromatic N) is 1. The van der Waals surface area contributed by atoms with Crippen LogP contribution in [0.1, 0.15) is 39.5 Å². The van der Waals surface area contributed by atoms with Crippen molar-refractivity contribution in [1.29, 1.82) is 0 Å². The van der Waals surface area contributed by atoms with Crippen molar-refractivity contribution in [3.63, 3.8) is 0 Å². The van der Waals surface area contributed by atoms with E-state index >= 15 is 0 Å². The molecule has 4 amide bonds. The van der Waals surface area contributed by atoms with E-state index in [9.17, 15) is 29.1 Å². The van der Waals surface area contributed by atoms with Gasteiger partial charge in [-0.25, -0.2) is 4.79 Å². The third-order valence-corrected chi connectivity index (χ3v) is 5.53. The molecule has 1 heterocycles. The van der Waals surface area contributed by atoms with Crippen molar-refractivity contribution < 1.29 is 29.1 Å². The number of primary amides is 1. The zero-order chi connectivity index (χ0) is 23.0. The number of carbonyl (C=O) groups is 5. The fraction of sp³-hybridized carbons (Fsp3) is 0.722. The predicted molar refractivity (Wildman–Crippen MR) is 111 cm³/mol. The minimum atomic E-state index is -1.20. The molecule has 0 aromatic carbocycles. The highest BCUT2D eigenvalue weighted by molar-refractivity contribution is 7.80. The van der Waals surface area contributed by atoms with Crippen LogP contribution in [0.5, 0.6) is 0 Å². The van der Waals surface area contributed by atoms with E-state index in [1.807, 2.05) is 6.92 Å². The van der Waals surface area contributed by atoms with Gasteiger partial charge in [-0.2, -0.15) is 12.6 Å². The summed E-state index contributed by atoms with van der Waals surface area (Å²) in [6, 6.07) is -4.20. The van der Waals surface area contributed by atoms with Crippen LogP contribution in [0.2, 0.25) is 0 Å². The van der Waals surface area contributed by atoms with Crippen molar-refractivity contribution >= 4 is 42.2 Å². The predicted octanol–water partition coefficient (Wildman–Crippen LogP) is -1.79. The fourth-order valence-electron chi connectivity index (χ4n) is 3.21. The van der Waals surface area contributed by atoms with E-state index in [0.717, 1.165) is 0 Å². The number of thiol groups is 1. The number of nitrogens with one attached hydrogen (secondary N) is 2. The van der Waals surface area contributed by atoms with Crippen LogP contribution in [0, 0.1) is 5.92 Å². The number of rotatable bonds is 11. The van der Waals surface area contributed by atoms with Crippen molar-refractivity contribution in [1.82, 2.24) is 15.5 Å². The third kappa shape index (κ3) is 6.87. The number of carbonyl (C=O) groups excluding carboxylic acids is 4. The van der Waals surface area contributed by atoms with E-state index in [2.05, 4.69) is 23.3 Å². The van der Waals surface area contributed by atoms with Crippen LogP contribution in [0.25, 0.3) is 0 Å². The molecule has 1 rings (SSSR count). The Hall–Kier alpha value is -2.34. The number of carboxylic acid groups (broad SMARTS) is 1. The van der Waals surface area contributed by atoms with Gasteiger partial charge in [0, 0.05) is 12.3 Å². The van der Waals surface area contributed by atoms with Gasteiger partial charge in [0.15, 0.2) is 0 Å². The number of carboxylic acids is 1. The van der Waals surface area contributed by atoms with Gasteiger partial charge in [-0.3, -0.25) is 19.2 Å². The van der Waals surface area contributed by atoms with Crippen LogP contribution in [-0.4, -0.2) is 76.1 Å². The van der Waals surface area contributed by atoms with Gasteiger partial charge >= 0.3 is 5.97 Å². The lowest BCUT2D eigenvalue weighted by Gasteiger charge is -2.29. The third-order valence-electron chi connectivity index (χ3n) is 5.17. The van der Waals surface area contributed by atoms with Crippen molar-refractivity contribution in [2.24, 2.45) is 17.4 Å². The topological polar surface area (TPSA) is 185 Å². The van der Waals surface area contributed by atoms with Gasteiger partial charge in [-0.15, -0.1) is 0 Å². The zero-order valence-electron chi connectivity index (χ0n) is 17.2. The molecule has 0 aromatic rings. The van der Waals surface area contributed by atoms with E-state index in [1.54, 1.807) is 6.92 Å². The first-order valence-corrected chi connectivity index (χ1v) is 10.4. The van der Waals surface area contributed by atoms with Gasteiger partial charge in [0.25, 0.3) is 0 Å². The molecular weight excluding hydrogens is 414 g/mol. The summed E-state index contributed by atoms with van der Waals surface area (Å²) in [4.78, 5) is 61.4. The van der Waals surface area contributed by atoms with Crippen molar-refractivity contribution in [2.75, 3.05) is 12.3 Å². The number of aliphatic carboxylic acids is 1. The summed E-state index contributed by atoms with van der Waals surface area (Å²) >= 11 is 4.12. The molecule has 1 aliphatic heterocycles. The smallest absolute Gasteiger partial charge is 0.326 e. The van der Waals surface area contributed by atoms with Crippen molar-refractivity contribution in [3.05, 3.63) is 0 Å². The molecule has 5 unspecified atom stereocenters. The molecule has 0 radical (unpaired) electrons. The van der Waals surface area contributed by atoms with Crippen LogP contribution in [0.4, 0.5) is 0 Å². The number of amides is 4. The maximum atomic E-state index is 12.8. The number of hydrogen-bond donors (Lipinski definition) is 6. The first-order chi connectivity index (χ1) is 14.0. The van der Waals surface area contributed by atoms with Gasteiger partial charge in [0.2, 0.25) is 23.6 Å². The standard InChI is InChI=1S/C18H31N5O6S/c1-3-9(2)14(22-15(25)10(19)7-13(20)24)16(26)21-11(8-30)17(27)23-6-4-5-12(23)18(28)29/h9-12,14,30H,3-8,19H2,1-2H3,(H2,20,24)(H,21,26)(H,22,25)(H,28,29). The summed E-state index contributed by atoms with van der Waals surface area (Å²) in [5.74, 6) is -4.07. The Morgan fingerprint density at radius 2 is 1.83 bits per heavy atom. The lowest BCUT2D eigenvalue weighted by Crippen LogP contribution is -2.59. The highest BCUT2D eigenvalue weighted by atomic mass is 32.1. The SMILES string of the molecule is CCC(C)C(NC(=O)C(N)CC(N)=O)C(=O)NC(CS)C(=O)N1CCCC1C(=O)O. The number of nitrogens with two attached hydrogens (primary N) is 2. The highest BCUT2D eigenvalue weighted by Crippen LogP contribution is 2.19. The molecule has 11 nitrogen and oxygen atoms in total. The minimum absolute atomic E-state index is 0.0459. The second-order valence-electron chi connectivity index (χ2n) is 7.42. The molecule has 12 heteroatoms. The van der Waals surface area contributed by atoms with E-state index in [0.29, 0.717) is 19.3 Å². The van der Waals surface area contributed by atoms with Gasteiger partial charge in [0.1, 0.15) is 18.1 Å². The molecule has 0 saturated carbocycles. The molecule has 0 aromatic heterocycles. The molecule has 170 valence electrons. The Labute approximate surface area is 180 Å². The molecule has 30 heavy (non-hydrogen) atoms. The van der Waals surface area contributed by atoms with E-state index in [-0.39, 0.29) is 24.6 Å². The van der Waals surface area contributed by atoms with E-state index in [4.69, 9.17) is 11.5 Å². The molecule has 7 N–H and O–H groups in total. The average molecular weight is 446 g/mol. The first-order valence-electron chi connectivity index (χ1n) is 9.82. The summed E-state index contributed by atoms with van der Waals surface area (Å²) in [6.07, 6.45) is 1.07.